The fourth-order valence-electron chi connectivity index (χ4n) is 1.31. The Morgan fingerprint density at radius 1 is 1.31 bits per heavy atom. The highest BCUT2D eigenvalue weighted by Crippen LogP contribution is 2.18. The van der Waals surface area contributed by atoms with Gasteiger partial charge in [-0.05, 0) is 31.5 Å². The van der Waals surface area contributed by atoms with Gasteiger partial charge in [-0.1, -0.05) is 6.07 Å². The lowest BCUT2D eigenvalue weighted by Gasteiger charge is -2.06. The van der Waals surface area contributed by atoms with E-state index in [1.165, 1.54) is 12.1 Å². The lowest BCUT2D eigenvalue weighted by molar-refractivity contribution is -0.142. The van der Waals surface area contributed by atoms with Gasteiger partial charge in [0.05, 0.1) is 19.6 Å². The Morgan fingerprint density at radius 2 is 2.06 bits per heavy atom. The van der Waals surface area contributed by atoms with Crippen LogP contribution in [0.4, 0.5) is 4.39 Å². The highest BCUT2D eigenvalue weighted by Gasteiger charge is 2.08. The lowest BCUT2D eigenvalue weighted by Crippen LogP contribution is -2.07. The number of benzene rings is 1. The molecule has 0 saturated heterocycles. The molecule has 1 aromatic carbocycles. The van der Waals surface area contributed by atoms with E-state index in [9.17, 15) is 9.18 Å². The number of halogens is 1. The minimum atomic E-state index is -0.455. The van der Waals surface area contributed by atoms with Crippen molar-refractivity contribution in [3.63, 3.8) is 0 Å². The SMILES string of the molecule is CCOC(=O)Cc1ccc(OCC)c(F)c1. The molecule has 0 radical (unpaired) electrons. The molecule has 0 aliphatic carbocycles. The summed E-state index contributed by atoms with van der Waals surface area (Å²) < 4.78 is 23.2. The van der Waals surface area contributed by atoms with Crippen LogP contribution in [0.1, 0.15) is 19.4 Å². The van der Waals surface area contributed by atoms with E-state index in [1.54, 1.807) is 19.9 Å². The molecule has 0 bridgehead atoms. The Bertz CT molecular complexity index is 363. The van der Waals surface area contributed by atoms with Gasteiger partial charge < -0.3 is 9.47 Å². The van der Waals surface area contributed by atoms with Crippen molar-refractivity contribution >= 4 is 5.97 Å². The van der Waals surface area contributed by atoms with Gasteiger partial charge in [0, 0.05) is 0 Å². The standard InChI is InChI=1S/C12H15FO3/c1-3-15-11-6-5-9(7-10(11)13)8-12(14)16-4-2/h5-7H,3-4,8H2,1-2H3. The monoisotopic (exact) mass is 226 g/mol. The van der Waals surface area contributed by atoms with Crippen LogP contribution in [0.15, 0.2) is 18.2 Å². The maximum absolute atomic E-state index is 13.4. The van der Waals surface area contributed by atoms with E-state index in [-0.39, 0.29) is 18.1 Å². The van der Waals surface area contributed by atoms with Crippen molar-refractivity contribution in [3.8, 4) is 5.75 Å². The van der Waals surface area contributed by atoms with E-state index in [2.05, 4.69) is 0 Å². The van der Waals surface area contributed by atoms with Crippen molar-refractivity contribution in [1.29, 1.82) is 0 Å². The zero-order valence-electron chi connectivity index (χ0n) is 9.46. The molecular weight excluding hydrogens is 211 g/mol. The molecule has 0 atom stereocenters. The second kappa shape index (κ2) is 6.10. The smallest absolute Gasteiger partial charge is 0.310 e. The van der Waals surface area contributed by atoms with Gasteiger partial charge in [-0.25, -0.2) is 4.39 Å². The van der Waals surface area contributed by atoms with Gasteiger partial charge in [-0.2, -0.15) is 0 Å². The normalized spacial score (nSPS) is 9.94. The first-order valence-electron chi connectivity index (χ1n) is 5.24. The lowest BCUT2D eigenvalue weighted by atomic mass is 10.1. The third-order valence-corrected chi connectivity index (χ3v) is 1.95. The number of carbonyl (C=O) groups is 1. The summed E-state index contributed by atoms with van der Waals surface area (Å²) in [6.07, 6.45) is 0.0805. The van der Waals surface area contributed by atoms with Crippen LogP contribution in [-0.4, -0.2) is 19.2 Å². The largest absolute Gasteiger partial charge is 0.491 e. The van der Waals surface area contributed by atoms with Gasteiger partial charge in [0.2, 0.25) is 0 Å². The summed E-state index contributed by atoms with van der Waals surface area (Å²) in [6.45, 7) is 4.26. The third-order valence-electron chi connectivity index (χ3n) is 1.95. The van der Waals surface area contributed by atoms with Crippen LogP contribution in [0.3, 0.4) is 0 Å². The molecule has 0 fully saturated rings. The van der Waals surface area contributed by atoms with Crippen LogP contribution in [0.2, 0.25) is 0 Å². The van der Waals surface area contributed by atoms with Crippen LogP contribution in [0.25, 0.3) is 0 Å². The Balaban J connectivity index is 2.69. The molecule has 0 N–H and O–H groups in total. The van der Waals surface area contributed by atoms with Crippen LogP contribution in [0.5, 0.6) is 5.75 Å². The number of ether oxygens (including phenoxy) is 2. The quantitative estimate of drug-likeness (QED) is 0.723. The molecule has 1 aromatic rings. The van der Waals surface area contributed by atoms with Crippen LogP contribution in [0, 0.1) is 5.82 Å². The molecule has 0 unspecified atom stereocenters. The number of carbonyl (C=O) groups excluding carboxylic acids is 1. The molecule has 4 heteroatoms. The van der Waals surface area contributed by atoms with Crippen LogP contribution >= 0.6 is 0 Å². The first kappa shape index (κ1) is 12.5. The van der Waals surface area contributed by atoms with E-state index >= 15 is 0 Å². The predicted octanol–water partition coefficient (Wildman–Crippen LogP) is 2.33. The van der Waals surface area contributed by atoms with Gasteiger partial charge in [0.1, 0.15) is 0 Å². The summed E-state index contributed by atoms with van der Waals surface area (Å²) in [6, 6.07) is 4.47. The molecule has 1 rings (SSSR count). The Hall–Kier alpha value is -1.58. The van der Waals surface area contributed by atoms with Gasteiger partial charge in [0.15, 0.2) is 11.6 Å². The maximum Gasteiger partial charge on any atom is 0.310 e. The highest BCUT2D eigenvalue weighted by molar-refractivity contribution is 5.72. The van der Waals surface area contributed by atoms with E-state index in [0.29, 0.717) is 18.8 Å². The second-order valence-electron chi connectivity index (χ2n) is 3.18. The predicted molar refractivity (Wildman–Crippen MR) is 57.9 cm³/mol. The fourth-order valence-corrected chi connectivity index (χ4v) is 1.31. The number of rotatable bonds is 5. The number of esters is 1. The van der Waals surface area contributed by atoms with Gasteiger partial charge in [-0.3, -0.25) is 4.79 Å². The first-order valence-corrected chi connectivity index (χ1v) is 5.24. The summed E-state index contributed by atoms with van der Waals surface area (Å²) in [7, 11) is 0. The second-order valence-corrected chi connectivity index (χ2v) is 3.18. The molecular formula is C12H15FO3. The summed E-state index contributed by atoms with van der Waals surface area (Å²) in [5.74, 6) is -0.607. The topological polar surface area (TPSA) is 35.5 Å². The molecule has 0 aliphatic heterocycles. The minimum Gasteiger partial charge on any atom is -0.491 e. The van der Waals surface area contributed by atoms with Crippen molar-refractivity contribution in [1.82, 2.24) is 0 Å². The maximum atomic E-state index is 13.4. The van der Waals surface area contributed by atoms with E-state index in [1.807, 2.05) is 0 Å². The molecule has 0 aromatic heterocycles. The number of hydrogen-bond acceptors (Lipinski definition) is 3. The average Bonchev–Trinajstić information content (AvgIpc) is 2.22. The average molecular weight is 226 g/mol. The van der Waals surface area contributed by atoms with Crippen molar-refractivity contribution in [2.45, 2.75) is 20.3 Å². The molecule has 0 amide bonds. The summed E-state index contributed by atoms with van der Waals surface area (Å²) >= 11 is 0. The molecule has 3 nitrogen and oxygen atoms in total. The number of hydrogen-bond donors (Lipinski definition) is 0. The van der Waals surface area contributed by atoms with E-state index in [0.717, 1.165) is 0 Å². The fraction of sp³-hybridized carbons (Fsp3) is 0.417. The molecule has 16 heavy (non-hydrogen) atoms. The van der Waals surface area contributed by atoms with Crippen molar-refractivity contribution < 1.29 is 18.7 Å². The molecule has 0 saturated carbocycles. The first-order chi connectivity index (χ1) is 7.67. The summed E-state index contributed by atoms with van der Waals surface area (Å²) in [5.41, 5.74) is 0.583. The van der Waals surface area contributed by atoms with Crippen molar-refractivity contribution in [2.24, 2.45) is 0 Å². The van der Waals surface area contributed by atoms with Crippen LogP contribution < -0.4 is 4.74 Å². The van der Waals surface area contributed by atoms with E-state index in [4.69, 9.17) is 9.47 Å². The molecule has 0 aliphatic rings. The minimum absolute atomic E-state index is 0.0805. The van der Waals surface area contributed by atoms with E-state index < -0.39 is 5.82 Å². The van der Waals surface area contributed by atoms with Crippen LogP contribution in [-0.2, 0) is 16.0 Å². The van der Waals surface area contributed by atoms with Crippen molar-refractivity contribution in [3.05, 3.63) is 29.6 Å². The Labute approximate surface area is 94.2 Å². The highest BCUT2D eigenvalue weighted by atomic mass is 19.1. The summed E-state index contributed by atoms with van der Waals surface area (Å²) in [5, 5.41) is 0. The Kier molecular flexibility index (Phi) is 4.76. The zero-order chi connectivity index (χ0) is 12.0. The molecule has 0 heterocycles. The molecule has 88 valence electrons. The van der Waals surface area contributed by atoms with Gasteiger partial charge in [-0.15, -0.1) is 0 Å². The van der Waals surface area contributed by atoms with Gasteiger partial charge in [0.25, 0.3) is 0 Å². The zero-order valence-corrected chi connectivity index (χ0v) is 9.46. The third kappa shape index (κ3) is 3.53. The van der Waals surface area contributed by atoms with Gasteiger partial charge >= 0.3 is 5.97 Å². The summed E-state index contributed by atoms with van der Waals surface area (Å²) in [4.78, 5) is 11.2. The van der Waals surface area contributed by atoms with Crippen molar-refractivity contribution in [2.75, 3.05) is 13.2 Å². The Morgan fingerprint density at radius 3 is 2.62 bits per heavy atom. The molecule has 0 spiro atoms.